The summed E-state index contributed by atoms with van der Waals surface area (Å²) < 4.78 is 0. The largest absolute Gasteiger partial charge is 0.354 e. The Balaban J connectivity index is 2.39. The highest BCUT2D eigenvalue weighted by molar-refractivity contribution is 5.78. The molecule has 0 atom stereocenters. The van der Waals surface area contributed by atoms with Gasteiger partial charge in [-0.15, -0.1) is 0 Å². The van der Waals surface area contributed by atoms with Crippen molar-refractivity contribution < 1.29 is 4.79 Å². The van der Waals surface area contributed by atoms with Crippen LogP contribution in [0.5, 0.6) is 0 Å². The molecule has 1 saturated carbocycles. The number of hydrogen-bond donors (Lipinski definition) is 1. The summed E-state index contributed by atoms with van der Waals surface area (Å²) in [6.45, 7) is 4.09. The van der Waals surface area contributed by atoms with E-state index in [9.17, 15) is 4.79 Å². The van der Waals surface area contributed by atoms with Crippen LogP contribution in [0.15, 0.2) is 0 Å². The van der Waals surface area contributed by atoms with Gasteiger partial charge in [0.1, 0.15) is 0 Å². The average molecular weight is 239 g/mol. The van der Waals surface area contributed by atoms with E-state index >= 15 is 0 Å². The Labute approximate surface area is 107 Å². The molecule has 0 aromatic carbocycles. The second-order valence-electron chi connectivity index (χ2n) is 5.77. The Morgan fingerprint density at radius 1 is 0.882 bits per heavy atom. The maximum absolute atomic E-state index is 12.0. The summed E-state index contributed by atoms with van der Waals surface area (Å²) in [4.78, 5) is 12.0. The molecule has 0 radical (unpaired) electrons. The fourth-order valence-corrected chi connectivity index (χ4v) is 2.65. The van der Waals surface area contributed by atoms with Gasteiger partial charge in [0.2, 0.25) is 5.91 Å². The molecule has 0 saturated heterocycles. The maximum Gasteiger partial charge on any atom is 0.223 e. The van der Waals surface area contributed by atoms with Gasteiger partial charge in [0.05, 0.1) is 0 Å². The summed E-state index contributed by atoms with van der Waals surface area (Å²) in [5.41, 5.74) is 0. The van der Waals surface area contributed by atoms with Crippen LogP contribution in [0.3, 0.4) is 0 Å². The van der Waals surface area contributed by atoms with Crippen molar-refractivity contribution in [1.29, 1.82) is 0 Å². The topological polar surface area (TPSA) is 29.1 Å². The molecule has 1 amide bonds. The van der Waals surface area contributed by atoms with Crippen molar-refractivity contribution in [1.82, 2.24) is 5.32 Å². The molecule has 0 unspecified atom stereocenters. The molecule has 0 spiro atoms. The van der Waals surface area contributed by atoms with Crippen molar-refractivity contribution in [3.8, 4) is 0 Å². The first-order chi connectivity index (χ1) is 8.20. The van der Waals surface area contributed by atoms with E-state index < -0.39 is 0 Å². The van der Waals surface area contributed by atoms with Crippen LogP contribution in [0, 0.1) is 5.92 Å². The van der Waals surface area contributed by atoms with Crippen LogP contribution in [0.2, 0.25) is 0 Å². The Kier molecular flexibility index (Phi) is 7.30. The Hall–Kier alpha value is -0.530. The number of rotatable bonds is 2. The average Bonchev–Trinajstić information content (AvgIpc) is 2.32. The Bertz CT molecular complexity index is 201. The van der Waals surface area contributed by atoms with E-state index in [0.29, 0.717) is 5.91 Å². The molecule has 1 aliphatic carbocycles. The highest BCUT2D eigenvalue weighted by Gasteiger charge is 2.18. The first-order valence-corrected chi connectivity index (χ1v) is 7.50. The van der Waals surface area contributed by atoms with E-state index in [-0.39, 0.29) is 12.0 Å². The monoisotopic (exact) mass is 239 g/mol. The molecule has 1 N–H and O–H groups in total. The third kappa shape index (κ3) is 6.70. The number of carbonyl (C=O) groups excluding carboxylic acids is 1. The predicted molar refractivity (Wildman–Crippen MR) is 72.9 cm³/mol. The molecule has 0 aromatic heterocycles. The predicted octanol–water partition coefficient (Wildman–Crippen LogP) is 4.04. The van der Waals surface area contributed by atoms with Crippen LogP contribution in [0.4, 0.5) is 0 Å². The van der Waals surface area contributed by atoms with Crippen LogP contribution in [-0.2, 0) is 4.79 Å². The van der Waals surface area contributed by atoms with Crippen molar-refractivity contribution in [2.24, 2.45) is 5.92 Å². The minimum Gasteiger partial charge on any atom is -0.354 e. The second-order valence-corrected chi connectivity index (χ2v) is 5.77. The van der Waals surface area contributed by atoms with Crippen molar-refractivity contribution in [2.75, 3.05) is 0 Å². The molecule has 1 aliphatic rings. The van der Waals surface area contributed by atoms with Gasteiger partial charge in [-0.3, -0.25) is 4.79 Å². The molecular formula is C15H29NO. The molecule has 1 rings (SSSR count). The molecular weight excluding hydrogens is 210 g/mol. The van der Waals surface area contributed by atoms with Gasteiger partial charge in [0.25, 0.3) is 0 Å². The van der Waals surface area contributed by atoms with E-state index in [1.54, 1.807) is 0 Å². The van der Waals surface area contributed by atoms with Gasteiger partial charge < -0.3 is 5.32 Å². The third-order valence-electron chi connectivity index (χ3n) is 3.66. The lowest BCUT2D eigenvalue weighted by Crippen LogP contribution is -2.35. The van der Waals surface area contributed by atoms with E-state index in [2.05, 4.69) is 5.32 Å². The number of amides is 1. The van der Waals surface area contributed by atoms with Crippen LogP contribution < -0.4 is 5.32 Å². The number of nitrogens with one attached hydrogen (secondary N) is 1. The van der Waals surface area contributed by atoms with Gasteiger partial charge >= 0.3 is 0 Å². The lowest BCUT2D eigenvalue weighted by atomic mass is 9.94. The fourth-order valence-electron chi connectivity index (χ4n) is 2.65. The van der Waals surface area contributed by atoms with Gasteiger partial charge in [0, 0.05) is 12.0 Å². The lowest BCUT2D eigenvalue weighted by molar-refractivity contribution is -0.126. The minimum atomic E-state index is 0.274. The van der Waals surface area contributed by atoms with E-state index in [0.717, 1.165) is 12.8 Å². The molecule has 2 heteroatoms. The van der Waals surface area contributed by atoms with Crippen LogP contribution in [0.25, 0.3) is 0 Å². The van der Waals surface area contributed by atoms with Gasteiger partial charge in [-0.1, -0.05) is 51.4 Å². The summed E-state index contributed by atoms with van der Waals surface area (Å²) in [6.07, 6.45) is 12.8. The van der Waals surface area contributed by atoms with Gasteiger partial charge in [-0.25, -0.2) is 0 Å². The zero-order valence-electron chi connectivity index (χ0n) is 11.6. The quantitative estimate of drug-likeness (QED) is 0.774. The molecule has 0 heterocycles. The lowest BCUT2D eigenvalue weighted by Gasteiger charge is -2.18. The fraction of sp³-hybridized carbons (Fsp3) is 0.933. The van der Waals surface area contributed by atoms with E-state index in [1.807, 2.05) is 13.8 Å². The Morgan fingerprint density at radius 2 is 1.29 bits per heavy atom. The molecule has 100 valence electrons. The second kappa shape index (κ2) is 8.54. The highest BCUT2D eigenvalue weighted by atomic mass is 16.1. The summed E-state index contributed by atoms with van der Waals surface area (Å²) in [6, 6.07) is 0.278. The van der Waals surface area contributed by atoms with Crippen molar-refractivity contribution in [2.45, 2.75) is 84.1 Å². The summed E-state index contributed by atoms with van der Waals surface area (Å²) in [5.74, 6) is 0.565. The highest BCUT2D eigenvalue weighted by Crippen LogP contribution is 2.21. The van der Waals surface area contributed by atoms with E-state index in [1.165, 1.54) is 51.4 Å². The first-order valence-electron chi connectivity index (χ1n) is 7.50. The maximum atomic E-state index is 12.0. The zero-order chi connectivity index (χ0) is 12.5. The number of carbonyl (C=O) groups is 1. The zero-order valence-corrected chi connectivity index (χ0v) is 11.6. The van der Waals surface area contributed by atoms with Gasteiger partial charge in [-0.05, 0) is 26.7 Å². The van der Waals surface area contributed by atoms with Crippen molar-refractivity contribution >= 4 is 5.91 Å². The summed E-state index contributed by atoms with van der Waals surface area (Å²) in [7, 11) is 0. The Morgan fingerprint density at radius 3 is 1.71 bits per heavy atom. The van der Waals surface area contributed by atoms with Crippen LogP contribution >= 0.6 is 0 Å². The minimum absolute atomic E-state index is 0.274. The van der Waals surface area contributed by atoms with Crippen LogP contribution in [-0.4, -0.2) is 11.9 Å². The molecule has 1 fully saturated rings. The molecule has 0 aliphatic heterocycles. The summed E-state index contributed by atoms with van der Waals surface area (Å²) >= 11 is 0. The smallest absolute Gasteiger partial charge is 0.223 e. The third-order valence-corrected chi connectivity index (χ3v) is 3.66. The summed E-state index contributed by atoms with van der Waals surface area (Å²) in [5, 5.41) is 3.07. The number of hydrogen-bond acceptors (Lipinski definition) is 1. The molecule has 0 aromatic rings. The molecule has 0 bridgehead atoms. The van der Waals surface area contributed by atoms with Crippen molar-refractivity contribution in [3.05, 3.63) is 0 Å². The van der Waals surface area contributed by atoms with E-state index in [4.69, 9.17) is 0 Å². The van der Waals surface area contributed by atoms with Crippen LogP contribution in [0.1, 0.15) is 78.1 Å². The van der Waals surface area contributed by atoms with Gasteiger partial charge in [0.15, 0.2) is 0 Å². The van der Waals surface area contributed by atoms with Gasteiger partial charge in [-0.2, -0.15) is 0 Å². The normalized spacial score (nSPS) is 20.9. The SMILES string of the molecule is CC(C)NC(=O)C1CCCCCCCCCC1. The molecule has 2 nitrogen and oxygen atoms in total. The standard InChI is InChI=1S/C15H29NO/c1-13(2)16-15(17)14-11-9-7-5-3-4-6-8-10-12-14/h13-14H,3-12H2,1-2H3,(H,16,17). The molecule has 17 heavy (non-hydrogen) atoms. The van der Waals surface area contributed by atoms with Crippen molar-refractivity contribution in [3.63, 3.8) is 0 Å². The first kappa shape index (κ1) is 14.5.